The van der Waals surface area contributed by atoms with E-state index in [-0.39, 0.29) is 0 Å². The Kier molecular flexibility index (Phi) is 2.66. The van der Waals surface area contributed by atoms with Crippen molar-refractivity contribution in [1.82, 2.24) is 5.32 Å². The summed E-state index contributed by atoms with van der Waals surface area (Å²) >= 11 is 0. The van der Waals surface area contributed by atoms with Gasteiger partial charge in [0.2, 0.25) is 0 Å². The third kappa shape index (κ3) is 1.80. The van der Waals surface area contributed by atoms with Crippen LogP contribution in [0.4, 0.5) is 0 Å². The second-order valence-electron chi connectivity index (χ2n) is 4.23. The topological polar surface area (TPSA) is 21.3 Å². The summed E-state index contributed by atoms with van der Waals surface area (Å²) in [5.74, 6) is 0.936. The van der Waals surface area contributed by atoms with Gasteiger partial charge >= 0.3 is 0 Å². The van der Waals surface area contributed by atoms with Crippen molar-refractivity contribution in [3.8, 4) is 0 Å². The molecule has 0 bridgehead atoms. The SMILES string of the molecule is C[C@H](NC1COC1)C1CCCC1. The molecule has 2 aliphatic rings. The molecule has 0 aromatic heterocycles. The summed E-state index contributed by atoms with van der Waals surface area (Å²) in [6.45, 7) is 4.18. The molecule has 0 unspecified atom stereocenters. The fraction of sp³-hybridized carbons (Fsp3) is 1.00. The lowest BCUT2D eigenvalue weighted by Crippen LogP contribution is -2.51. The van der Waals surface area contributed by atoms with Gasteiger partial charge in [-0.05, 0) is 25.7 Å². The van der Waals surface area contributed by atoms with Crippen molar-refractivity contribution in [2.24, 2.45) is 5.92 Å². The minimum absolute atomic E-state index is 0.653. The first kappa shape index (κ1) is 8.52. The van der Waals surface area contributed by atoms with Crippen molar-refractivity contribution in [2.75, 3.05) is 13.2 Å². The summed E-state index contributed by atoms with van der Waals surface area (Å²) in [4.78, 5) is 0. The van der Waals surface area contributed by atoms with Crippen LogP contribution in [0.1, 0.15) is 32.6 Å². The van der Waals surface area contributed by atoms with Gasteiger partial charge in [-0.2, -0.15) is 0 Å². The van der Waals surface area contributed by atoms with Gasteiger partial charge < -0.3 is 10.1 Å². The van der Waals surface area contributed by atoms with Gasteiger partial charge in [-0.25, -0.2) is 0 Å². The van der Waals surface area contributed by atoms with Crippen LogP contribution in [-0.2, 0) is 4.74 Å². The van der Waals surface area contributed by atoms with E-state index < -0.39 is 0 Å². The monoisotopic (exact) mass is 169 g/mol. The molecule has 2 rings (SSSR count). The van der Waals surface area contributed by atoms with Crippen LogP contribution in [0.5, 0.6) is 0 Å². The van der Waals surface area contributed by atoms with Crippen LogP contribution in [0.2, 0.25) is 0 Å². The van der Waals surface area contributed by atoms with E-state index in [2.05, 4.69) is 12.2 Å². The van der Waals surface area contributed by atoms with Crippen LogP contribution in [0.3, 0.4) is 0 Å². The van der Waals surface area contributed by atoms with E-state index >= 15 is 0 Å². The molecule has 0 aromatic carbocycles. The lowest BCUT2D eigenvalue weighted by atomic mass is 9.99. The van der Waals surface area contributed by atoms with Gasteiger partial charge in [-0.15, -0.1) is 0 Å². The molecule has 0 radical (unpaired) electrons. The van der Waals surface area contributed by atoms with Gasteiger partial charge in [0, 0.05) is 6.04 Å². The smallest absolute Gasteiger partial charge is 0.0643 e. The molecule has 2 nitrogen and oxygen atoms in total. The summed E-state index contributed by atoms with van der Waals surface area (Å²) in [6.07, 6.45) is 5.75. The molecule has 1 saturated heterocycles. The molecule has 70 valence electrons. The Morgan fingerprint density at radius 1 is 1.25 bits per heavy atom. The molecular formula is C10H19NO. The summed E-state index contributed by atoms with van der Waals surface area (Å²) < 4.78 is 5.14. The van der Waals surface area contributed by atoms with Crippen LogP contribution in [-0.4, -0.2) is 25.3 Å². The highest BCUT2D eigenvalue weighted by atomic mass is 16.5. The molecule has 12 heavy (non-hydrogen) atoms. The molecule has 0 amide bonds. The van der Waals surface area contributed by atoms with E-state index in [0.29, 0.717) is 12.1 Å². The lowest BCUT2D eigenvalue weighted by molar-refractivity contribution is -0.0120. The summed E-state index contributed by atoms with van der Waals surface area (Å²) in [6, 6.07) is 1.36. The molecular weight excluding hydrogens is 150 g/mol. The lowest BCUT2D eigenvalue weighted by Gasteiger charge is -2.32. The molecule has 2 heteroatoms. The van der Waals surface area contributed by atoms with E-state index in [1.165, 1.54) is 25.7 Å². The standard InChI is InChI=1S/C10H19NO/c1-8(9-4-2-3-5-9)11-10-6-12-7-10/h8-11H,2-7H2,1H3/t8-/m0/s1. The largest absolute Gasteiger partial charge is 0.378 e. The second-order valence-corrected chi connectivity index (χ2v) is 4.23. The first-order chi connectivity index (χ1) is 5.86. The molecule has 0 spiro atoms. The van der Waals surface area contributed by atoms with E-state index in [4.69, 9.17) is 4.74 Å². The van der Waals surface area contributed by atoms with Crippen LogP contribution in [0, 0.1) is 5.92 Å². The van der Waals surface area contributed by atoms with Crippen LogP contribution >= 0.6 is 0 Å². The molecule has 2 fully saturated rings. The molecule has 1 aliphatic carbocycles. The van der Waals surface area contributed by atoms with Crippen molar-refractivity contribution in [3.05, 3.63) is 0 Å². The van der Waals surface area contributed by atoms with Crippen molar-refractivity contribution >= 4 is 0 Å². The third-order valence-corrected chi connectivity index (χ3v) is 3.24. The first-order valence-corrected chi connectivity index (χ1v) is 5.20. The summed E-state index contributed by atoms with van der Waals surface area (Å²) in [5, 5.41) is 3.63. The highest BCUT2D eigenvalue weighted by Crippen LogP contribution is 2.27. The number of ether oxygens (including phenoxy) is 1. The number of hydrogen-bond donors (Lipinski definition) is 1. The maximum absolute atomic E-state index is 5.14. The zero-order chi connectivity index (χ0) is 8.39. The van der Waals surface area contributed by atoms with Gasteiger partial charge in [0.1, 0.15) is 0 Å². The minimum Gasteiger partial charge on any atom is -0.378 e. The summed E-state index contributed by atoms with van der Waals surface area (Å²) in [5.41, 5.74) is 0. The molecule has 1 aliphatic heterocycles. The highest BCUT2D eigenvalue weighted by molar-refractivity contribution is 4.82. The molecule has 1 atom stereocenters. The van der Waals surface area contributed by atoms with Crippen LogP contribution in [0.15, 0.2) is 0 Å². The number of hydrogen-bond acceptors (Lipinski definition) is 2. The first-order valence-electron chi connectivity index (χ1n) is 5.20. The Morgan fingerprint density at radius 2 is 1.92 bits per heavy atom. The maximum Gasteiger partial charge on any atom is 0.0643 e. The Balaban J connectivity index is 1.71. The predicted molar refractivity (Wildman–Crippen MR) is 49.2 cm³/mol. The van der Waals surface area contributed by atoms with Gasteiger partial charge in [0.15, 0.2) is 0 Å². The van der Waals surface area contributed by atoms with Crippen molar-refractivity contribution in [3.63, 3.8) is 0 Å². The predicted octanol–water partition coefficient (Wildman–Crippen LogP) is 1.55. The average molecular weight is 169 g/mol. The second kappa shape index (κ2) is 3.75. The molecule has 1 saturated carbocycles. The van der Waals surface area contributed by atoms with Crippen LogP contribution < -0.4 is 5.32 Å². The Bertz CT molecular complexity index is 139. The van der Waals surface area contributed by atoms with Crippen molar-refractivity contribution in [1.29, 1.82) is 0 Å². The maximum atomic E-state index is 5.14. The highest BCUT2D eigenvalue weighted by Gasteiger charge is 2.26. The van der Waals surface area contributed by atoms with Gasteiger partial charge in [0.05, 0.1) is 19.3 Å². The zero-order valence-electron chi connectivity index (χ0n) is 7.88. The number of rotatable bonds is 3. The molecule has 1 heterocycles. The molecule has 1 N–H and O–H groups in total. The van der Waals surface area contributed by atoms with E-state index in [0.717, 1.165) is 19.1 Å². The summed E-state index contributed by atoms with van der Waals surface area (Å²) in [7, 11) is 0. The quantitative estimate of drug-likeness (QED) is 0.692. The van der Waals surface area contributed by atoms with E-state index in [9.17, 15) is 0 Å². The van der Waals surface area contributed by atoms with Crippen molar-refractivity contribution in [2.45, 2.75) is 44.7 Å². The van der Waals surface area contributed by atoms with Gasteiger partial charge in [-0.1, -0.05) is 12.8 Å². The number of nitrogens with one attached hydrogen (secondary N) is 1. The fourth-order valence-corrected chi connectivity index (χ4v) is 2.30. The average Bonchev–Trinajstić information content (AvgIpc) is 2.47. The zero-order valence-corrected chi connectivity index (χ0v) is 7.88. The van der Waals surface area contributed by atoms with Gasteiger partial charge in [-0.3, -0.25) is 0 Å². The van der Waals surface area contributed by atoms with Crippen molar-refractivity contribution < 1.29 is 4.74 Å². The van der Waals surface area contributed by atoms with Crippen LogP contribution in [0.25, 0.3) is 0 Å². The minimum atomic E-state index is 0.653. The Hall–Kier alpha value is -0.0800. The van der Waals surface area contributed by atoms with Gasteiger partial charge in [0.25, 0.3) is 0 Å². The van der Waals surface area contributed by atoms with E-state index in [1.807, 2.05) is 0 Å². The molecule has 0 aromatic rings. The normalized spacial score (nSPS) is 28.8. The van der Waals surface area contributed by atoms with E-state index in [1.54, 1.807) is 0 Å². The fourth-order valence-electron chi connectivity index (χ4n) is 2.30. The third-order valence-electron chi connectivity index (χ3n) is 3.24. The Morgan fingerprint density at radius 3 is 2.42 bits per heavy atom. The Labute approximate surface area is 74.7 Å².